The van der Waals surface area contributed by atoms with E-state index < -0.39 is 17.7 Å². The van der Waals surface area contributed by atoms with Crippen LogP contribution in [0.4, 0.5) is 14.5 Å². The molecule has 1 spiro atoms. The van der Waals surface area contributed by atoms with Crippen LogP contribution in [-0.4, -0.2) is 44.2 Å². The van der Waals surface area contributed by atoms with Gasteiger partial charge in [0.1, 0.15) is 5.69 Å². The second kappa shape index (κ2) is 8.35. The van der Waals surface area contributed by atoms with E-state index >= 15 is 0 Å². The predicted octanol–water partition coefficient (Wildman–Crippen LogP) is 3.55. The smallest absolute Gasteiger partial charge is 0.314 e. The second-order valence-corrected chi connectivity index (χ2v) is 8.79. The Bertz CT molecular complexity index is 1390. The summed E-state index contributed by atoms with van der Waals surface area (Å²) in [7, 11) is 0. The van der Waals surface area contributed by atoms with Crippen LogP contribution in [-0.2, 0) is 16.8 Å². The Morgan fingerprint density at radius 3 is 2.54 bits per heavy atom. The third-order valence-corrected chi connectivity index (χ3v) is 6.68. The van der Waals surface area contributed by atoms with E-state index in [0.717, 1.165) is 48.3 Å². The van der Waals surface area contributed by atoms with Crippen molar-refractivity contribution in [3.8, 4) is 22.7 Å². The molecule has 2 N–H and O–H groups in total. The molecule has 0 saturated carbocycles. The Hall–Kier alpha value is -3.99. The Morgan fingerprint density at radius 1 is 1.03 bits per heavy atom. The van der Waals surface area contributed by atoms with Crippen LogP contribution >= 0.6 is 0 Å². The predicted molar refractivity (Wildman–Crippen MR) is 122 cm³/mol. The van der Waals surface area contributed by atoms with E-state index in [0.29, 0.717) is 17.8 Å². The molecule has 2 aliphatic rings. The van der Waals surface area contributed by atoms with Crippen molar-refractivity contribution < 1.29 is 18.0 Å². The van der Waals surface area contributed by atoms with Crippen molar-refractivity contribution in [2.24, 2.45) is 0 Å². The third-order valence-electron chi connectivity index (χ3n) is 6.68. The molecule has 1 amide bonds. The highest BCUT2D eigenvalue weighted by molar-refractivity contribution is 6.07. The molecule has 0 atom stereocenters. The average Bonchev–Trinajstić information content (AvgIpc) is 3.60. The van der Waals surface area contributed by atoms with E-state index in [1.165, 1.54) is 0 Å². The van der Waals surface area contributed by atoms with Gasteiger partial charge < -0.3 is 15.1 Å². The molecule has 35 heavy (non-hydrogen) atoms. The van der Waals surface area contributed by atoms with Gasteiger partial charge in [-0.25, -0.2) is 4.68 Å². The van der Waals surface area contributed by atoms with E-state index in [-0.39, 0.29) is 11.8 Å². The molecule has 0 radical (unpaired) electrons. The fourth-order valence-electron chi connectivity index (χ4n) is 4.83. The highest BCUT2D eigenvalue weighted by atomic mass is 19.3. The van der Waals surface area contributed by atoms with Crippen LogP contribution in [0.5, 0.6) is 0 Å². The average molecular weight is 477 g/mol. The molecular weight excluding hydrogens is 456 g/mol. The summed E-state index contributed by atoms with van der Waals surface area (Å²) in [6.07, 6.45) is 0.629. The first-order valence-corrected chi connectivity index (χ1v) is 11.3. The molecule has 2 aromatic heterocycles. The number of anilines is 1. The minimum Gasteiger partial charge on any atom is -0.415 e. The molecule has 1 fully saturated rings. The summed E-state index contributed by atoms with van der Waals surface area (Å²) in [5.74, 6) is -0.578. The molecule has 4 aromatic rings. The molecule has 2 aliphatic heterocycles. The van der Waals surface area contributed by atoms with E-state index in [9.17, 15) is 13.6 Å². The summed E-state index contributed by atoms with van der Waals surface area (Å²) < 4.78 is 32.0. The minimum absolute atomic E-state index is 0.0462. The van der Waals surface area contributed by atoms with Crippen LogP contribution in [0.25, 0.3) is 22.7 Å². The summed E-state index contributed by atoms with van der Waals surface area (Å²) in [4.78, 5) is 12.8. The van der Waals surface area contributed by atoms with Crippen molar-refractivity contribution in [3.05, 3.63) is 65.7 Å². The maximum Gasteiger partial charge on any atom is 0.314 e. The van der Waals surface area contributed by atoms with Gasteiger partial charge in [0.25, 0.3) is 5.89 Å². The maximum absolute atomic E-state index is 12.8. The number of alkyl halides is 2. The standard InChI is InChI=1S/C24H21F2N7O2/c25-20(26)22-31-30-21(35-22)15-3-1-14(2-4-15)12-33-13-19(29-32-33)16-5-6-17-18(11-16)28-23(34)24(17)7-9-27-10-8-24/h1-6,11,13,20,27H,7-10,12H2,(H,28,34). The lowest BCUT2D eigenvalue weighted by Crippen LogP contribution is -2.44. The number of carbonyl (C=O) groups excluding carboxylic acids is 1. The molecular formula is C24H21F2N7O2. The first-order valence-electron chi connectivity index (χ1n) is 11.3. The molecule has 9 nitrogen and oxygen atoms in total. The molecule has 178 valence electrons. The number of halogens is 2. The summed E-state index contributed by atoms with van der Waals surface area (Å²) >= 11 is 0. The van der Waals surface area contributed by atoms with Crippen molar-refractivity contribution in [2.45, 2.75) is 31.2 Å². The van der Waals surface area contributed by atoms with E-state index in [1.807, 2.05) is 36.5 Å². The highest BCUT2D eigenvalue weighted by Crippen LogP contribution is 2.44. The summed E-state index contributed by atoms with van der Waals surface area (Å²) in [6.45, 7) is 2.13. The second-order valence-electron chi connectivity index (χ2n) is 8.79. The summed E-state index contributed by atoms with van der Waals surface area (Å²) in [5.41, 5.74) is 4.54. The minimum atomic E-state index is -2.80. The highest BCUT2D eigenvalue weighted by Gasteiger charge is 2.47. The number of nitrogens with one attached hydrogen (secondary N) is 2. The van der Waals surface area contributed by atoms with Gasteiger partial charge in [0.2, 0.25) is 11.8 Å². The fourth-order valence-corrected chi connectivity index (χ4v) is 4.83. The Morgan fingerprint density at radius 2 is 1.80 bits per heavy atom. The summed E-state index contributed by atoms with van der Waals surface area (Å²) in [6, 6.07) is 13.1. The van der Waals surface area contributed by atoms with Gasteiger partial charge in [0.05, 0.1) is 18.2 Å². The van der Waals surface area contributed by atoms with Gasteiger partial charge in [-0.1, -0.05) is 29.5 Å². The third kappa shape index (κ3) is 3.77. The first kappa shape index (κ1) is 21.5. The number of fused-ring (bicyclic) bond motifs is 2. The molecule has 2 aromatic carbocycles. The van der Waals surface area contributed by atoms with E-state index in [2.05, 4.69) is 31.1 Å². The topological polar surface area (TPSA) is 111 Å². The molecule has 1 saturated heterocycles. The quantitative estimate of drug-likeness (QED) is 0.452. The lowest BCUT2D eigenvalue weighted by Gasteiger charge is -2.31. The van der Waals surface area contributed by atoms with Gasteiger partial charge in [0.15, 0.2) is 0 Å². The van der Waals surface area contributed by atoms with Crippen molar-refractivity contribution >= 4 is 11.6 Å². The zero-order chi connectivity index (χ0) is 24.0. The van der Waals surface area contributed by atoms with Crippen molar-refractivity contribution in [1.29, 1.82) is 0 Å². The fraction of sp³-hybridized carbons (Fsp3) is 0.292. The number of carbonyl (C=O) groups is 1. The molecule has 4 heterocycles. The zero-order valence-electron chi connectivity index (χ0n) is 18.5. The Kier molecular flexibility index (Phi) is 5.14. The van der Waals surface area contributed by atoms with Crippen LogP contribution in [0.3, 0.4) is 0 Å². The van der Waals surface area contributed by atoms with Gasteiger partial charge in [-0.3, -0.25) is 4.79 Å². The molecule has 0 unspecified atom stereocenters. The van der Waals surface area contributed by atoms with Gasteiger partial charge in [-0.2, -0.15) is 8.78 Å². The number of nitrogens with zero attached hydrogens (tertiary/aromatic N) is 5. The largest absolute Gasteiger partial charge is 0.415 e. The first-order chi connectivity index (χ1) is 17.0. The molecule has 0 aliphatic carbocycles. The number of aromatic nitrogens is 5. The van der Waals surface area contributed by atoms with Crippen LogP contribution in [0.15, 0.2) is 53.1 Å². The van der Waals surface area contributed by atoms with Crippen molar-refractivity contribution in [1.82, 2.24) is 30.5 Å². The van der Waals surface area contributed by atoms with Crippen LogP contribution < -0.4 is 10.6 Å². The Balaban J connectivity index is 1.18. The van der Waals surface area contributed by atoms with Crippen molar-refractivity contribution in [2.75, 3.05) is 18.4 Å². The lowest BCUT2D eigenvalue weighted by molar-refractivity contribution is -0.121. The van der Waals surface area contributed by atoms with Crippen molar-refractivity contribution in [3.63, 3.8) is 0 Å². The maximum atomic E-state index is 12.8. The number of piperidine rings is 1. The number of hydrogen-bond acceptors (Lipinski definition) is 7. The number of benzene rings is 2. The van der Waals surface area contributed by atoms with Crippen LogP contribution in [0.1, 0.15) is 36.3 Å². The Labute approximate surface area is 198 Å². The molecule has 11 heteroatoms. The zero-order valence-corrected chi connectivity index (χ0v) is 18.5. The number of amides is 1. The van der Waals surface area contributed by atoms with Gasteiger partial charge in [-0.15, -0.1) is 15.3 Å². The van der Waals surface area contributed by atoms with Crippen LogP contribution in [0.2, 0.25) is 0 Å². The summed E-state index contributed by atoms with van der Waals surface area (Å²) in [5, 5.41) is 21.9. The lowest BCUT2D eigenvalue weighted by atomic mass is 9.74. The SMILES string of the molecule is O=C1Nc2cc(-c3cn(Cc4ccc(-c5nnc(C(F)F)o5)cc4)nn3)ccc2C12CCNCC2. The number of hydrogen-bond donors (Lipinski definition) is 2. The van der Waals surface area contributed by atoms with Crippen LogP contribution in [0, 0.1) is 0 Å². The molecule has 6 rings (SSSR count). The van der Waals surface area contributed by atoms with Gasteiger partial charge in [0, 0.05) is 16.8 Å². The van der Waals surface area contributed by atoms with Gasteiger partial charge >= 0.3 is 6.43 Å². The van der Waals surface area contributed by atoms with Gasteiger partial charge in [-0.05, 0) is 55.3 Å². The van der Waals surface area contributed by atoms with E-state index in [1.54, 1.807) is 16.8 Å². The molecule has 0 bridgehead atoms. The normalized spacial score (nSPS) is 16.6. The monoisotopic (exact) mass is 477 g/mol. The number of rotatable bonds is 5. The van der Waals surface area contributed by atoms with E-state index in [4.69, 9.17) is 4.42 Å².